The Balaban J connectivity index is 1.45. The molecule has 1 aromatic carbocycles. The predicted octanol–water partition coefficient (Wildman–Crippen LogP) is 2.12. The Hall–Kier alpha value is -2.60. The van der Waals surface area contributed by atoms with Gasteiger partial charge in [0.1, 0.15) is 5.75 Å². The second-order valence-corrected chi connectivity index (χ2v) is 6.09. The van der Waals surface area contributed by atoms with Crippen molar-refractivity contribution < 1.29 is 9.53 Å². The normalized spacial score (nSPS) is 15.0. The van der Waals surface area contributed by atoms with E-state index in [4.69, 9.17) is 4.74 Å². The van der Waals surface area contributed by atoms with Gasteiger partial charge in [-0.3, -0.25) is 9.88 Å². The predicted molar refractivity (Wildman–Crippen MR) is 96.3 cm³/mol. The Morgan fingerprint density at radius 2 is 1.84 bits per heavy atom. The lowest BCUT2D eigenvalue weighted by Gasteiger charge is -2.34. The third-order valence-corrected chi connectivity index (χ3v) is 4.44. The lowest BCUT2D eigenvalue weighted by Crippen LogP contribution is -2.51. The van der Waals surface area contributed by atoms with Crippen LogP contribution in [-0.4, -0.2) is 54.1 Å². The van der Waals surface area contributed by atoms with Crippen LogP contribution < -0.4 is 10.1 Å². The Morgan fingerprint density at radius 1 is 1.12 bits per heavy atom. The van der Waals surface area contributed by atoms with E-state index in [-0.39, 0.29) is 6.03 Å². The molecule has 0 saturated carbocycles. The van der Waals surface area contributed by atoms with Gasteiger partial charge in [0.2, 0.25) is 0 Å². The highest BCUT2D eigenvalue weighted by Crippen LogP contribution is 2.17. The Labute approximate surface area is 148 Å². The Bertz CT molecular complexity index is 685. The average Bonchev–Trinajstić information content (AvgIpc) is 2.67. The largest absolute Gasteiger partial charge is 0.496 e. The maximum Gasteiger partial charge on any atom is 0.317 e. The summed E-state index contributed by atoms with van der Waals surface area (Å²) in [5, 5.41) is 2.99. The van der Waals surface area contributed by atoms with Crippen LogP contribution in [0, 0.1) is 0 Å². The molecular weight excluding hydrogens is 316 g/mol. The minimum Gasteiger partial charge on any atom is -0.496 e. The van der Waals surface area contributed by atoms with E-state index in [1.807, 2.05) is 53.7 Å². The van der Waals surface area contributed by atoms with E-state index in [0.717, 1.165) is 44.0 Å². The number of pyridine rings is 1. The molecule has 2 aromatic rings. The lowest BCUT2D eigenvalue weighted by atomic mass is 10.2. The van der Waals surface area contributed by atoms with Crippen LogP contribution in [0.15, 0.2) is 48.8 Å². The number of para-hydroxylation sites is 1. The third kappa shape index (κ3) is 4.70. The highest BCUT2D eigenvalue weighted by molar-refractivity contribution is 5.74. The van der Waals surface area contributed by atoms with E-state index < -0.39 is 0 Å². The highest BCUT2D eigenvalue weighted by atomic mass is 16.5. The molecule has 1 aliphatic heterocycles. The van der Waals surface area contributed by atoms with Gasteiger partial charge in [0.15, 0.2) is 0 Å². The van der Waals surface area contributed by atoms with Gasteiger partial charge < -0.3 is 15.0 Å². The van der Waals surface area contributed by atoms with E-state index in [2.05, 4.69) is 15.2 Å². The van der Waals surface area contributed by atoms with Crippen LogP contribution in [0.4, 0.5) is 4.79 Å². The minimum atomic E-state index is -0.0190. The van der Waals surface area contributed by atoms with E-state index in [0.29, 0.717) is 6.54 Å². The van der Waals surface area contributed by atoms with Crippen molar-refractivity contribution in [3.8, 4) is 5.75 Å². The SMILES string of the molecule is COc1ccccc1CNC(=O)N1CCN(Cc2ccncc2)CC1. The molecule has 25 heavy (non-hydrogen) atoms. The van der Waals surface area contributed by atoms with E-state index >= 15 is 0 Å². The standard InChI is InChI=1S/C19H24N4O2/c1-25-18-5-3-2-4-17(18)14-21-19(24)23-12-10-22(11-13-23)15-16-6-8-20-9-7-16/h2-9H,10-15H2,1H3,(H,21,24). The molecule has 1 aliphatic rings. The van der Waals surface area contributed by atoms with Crippen molar-refractivity contribution in [2.75, 3.05) is 33.3 Å². The van der Waals surface area contributed by atoms with Gasteiger partial charge >= 0.3 is 6.03 Å². The number of carbonyl (C=O) groups excluding carboxylic acids is 1. The molecule has 1 aromatic heterocycles. The number of nitrogens with one attached hydrogen (secondary N) is 1. The van der Waals surface area contributed by atoms with Gasteiger partial charge in [-0.15, -0.1) is 0 Å². The van der Waals surface area contributed by atoms with Crippen LogP contribution in [0.25, 0.3) is 0 Å². The van der Waals surface area contributed by atoms with Crippen LogP contribution in [-0.2, 0) is 13.1 Å². The van der Waals surface area contributed by atoms with Crippen LogP contribution in [0.2, 0.25) is 0 Å². The molecule has 0 aliphatic carbocycles. The molecule has 0 unspecified atom stereocenters. The maximum absolute atomic E-state index is 12.4. The number of hydrogen-bond acceptors (Lipinski definition) is 4. The fourth-order valence-electron chi connectivity index (χ4n) is 2.99. The Morgan fingerprint density at radius 3 is 2.56 bits per heavy atom. The quantitative estimate of drug-likeness (QED) is 0.906. The van der Waals surface area contributed by atoms with Crippen molar-refractivity contribution in [3.05, 3.63) is 59.9 Å². The number of amides is 2. The zero-order valence-electron chi connectivity index (χ0n) is 14.5. The molecule has 1 saturated heterocycles. The second kappa shape index (κ2) is 8.48. The highest BCUT2D eigenvalue weighted by Gasteiger charge is 2.21. The molecule has 3 rings (SSSR count). The molecule has 132 valence electrons. The first kappa shape index (κ1) is 17.2. The summed E-state index contributed by atoms with van der Waals surface area (Å²) in [4.78, 5) is 20.7. The molecular formula is C19H24N4O2. The molecule has 0 radical (unpaired) electrons. The summed E-state index contributed by atoms with van der Waals surface area (Å²) in [7, 11) is 1.64. The summed E-state index contributed by atoms with van der Waals surface area (Å²) < 4.78 is 5.32. The lowest BCUT2D eigenvalue weighted by molar-refractivity contribution is 0.135. The van der Waals surface area contributed by atoms with Gasteiger partial charge in [-0.2, -0.15) is 0 Å². The monoisotopic (exact) mass is 340 g/mol. The van der Waals surface area contributed by atoms with Crippen molar-refractivity contribution in [1.82, 2.24) is 20.1 Å². The number of nitrogens with zero attached hydrogens (tertiary/aromatic N) is 3. The van der Waals surface area contributed by atoms with Gasteiger partial charge in [-0.25, -0.2) is 4.79 Å². The first-order valence-corrected chi connectivity index (χ1v) is 8.52. The Kier molecular flexibility index (Phi) is 5.85. The van der Waals surface area contributed by atoms with Crippen molar-refractivity contribution in [2.45, 2.75) is 13.1 Å². The summed E-state index contributed by atoms with van der Waals surface area (Å²) in [5.74, 6) is 0.796. The van der Waals surface area contributed by atoms with Crippen LogP contribution >= 0.6 is 0 Å². The summed E-state index contributed by atoms with van der Waals surface area (Å²) in [5.41, 5.74) is 2.23. The van der Waals surface area contributed by atoms with Gasteiger partial charge in [-0.1, -0.05) is 18.2 Å². The molecule has 2 amide bonds. The molecule has 2 heterocycles. The first-order chi connectivity index (χ1) is 12.3. The molecule has 1 fully saturated rings. The van der Waals surface area contributed by atoms with Crippen molar-refractivity contribution >= 4 is 6.03 Å². The number of ether oxygens (including phenoxy) is 1. The second-order valence-electron chi connectivity index (χ2n) is 6.09. The van der Waals surface area contributed by atoms with Gasteiger partial charge in [0, 0.05) is 57.2 Å². The number of hydrogen-bond donors (Lipinski definition) is 1. The summed E-state index contributed by atoms with van der Waals surface area (Å²) in [6.45, 7) is 4.61. The van der Waals surface area contributed by atoms with Crippen molar-refractivity contribution in [3.63, 3.8) is 0 Å². The molecule has 0 bridgehead atoms. The topological polar surface area (TPSA) is 57.7 Å². The third-order valence-electron chi connectivity index (χ3n) is 4.44. The van der Waals surface area contributed by atoms with E-state index in [9.17, 15) is 4.79 Å². The van der Waals surface area contributed by atoms with E-state index in [1.54, 1.807) is 7.11 Å². The number of piperazine rings is 1. The summed E-state index contributed by atoms with van der Waals surface area (Å²) in [6, 6.07) is 11.8. The molecule has 6 heteroatoms. The van der Waals surface area contributed by atoms with Gasteiger partial charge in [0.25, 0.3) is 0 Å². The summed E-state index contributed by atoms with van der Waals surface area (Å²) in [6.07, 6.45) is 3.63. The fourth-order valence-corrected chi connectivity index (χ4v) is 2.99. The number of rotatable bonds is 5. The molecule has 6 nitrogen and oxygen atoms in total. The summed E-state index contributed by atoms with van der Waals surface area (Å²) >= 11 is 0. The van der Waals surface area contributed by atoms with E-state index in [1.165, 1.54) is 5.56 Å². The van der Waals surface area contributed by atoms with Crippen molar-refractivity contribution in [1.29, 1.82) is 0 Å². The smallest absolute Gasteiger partial charge is 0.317 e. The first-order valence-electron chi connectivity index (χ1n) is 8.52. The zero-order chi connectivity index (χ0) is 17.5. The van der Waals surface area contributed by atoms with Crippen LogP contribution in [0.3, 0.4) is 0 Å². The van der Waals surface area contributed by atoms with Crippen molar-refractivity contribution in [2.24, 2.45) is 0 Å². The minimum absolute atomic E-state index is 0.0190. The number of aromatic nitrogens is 1. The molecule has 1 N–H and O–H groups in total. The van der Waals surface area contributed by atoms with Gasteiger partial charge in [-0.05, 0) is 23.8 Å². The average molecular weight is 340 g/mol. The molecule has 0 spiro atoms. The maximum atomic E-state index is 12.4. The zero-order valence-corrected chi connectivity index (χ0v) is 14.5. The fraction of sp³-hybridized carbons (Fsp3) is 0.368. The number of benzene rings is 1. The van der Waals surface area contributed by atoms with Gasteiger partial charge in [0.05, 0.1) is 7.11 Å². The number of urea groups is 1. The molecule has 0 atom stereocenters. The van der Waals surface area contributed by atoms with Crippen LogP contribution in [0.1, 0.15) is 11.1 Å². The number of carbonyl (C=O) groups is 1. The van der Waals surface area contributed by atoms with Crippen LogP contribution in [0.5, 0.6) is 5.75 Å². The number of methoxy groups -OCH3 is 1.